The second-order valence-corrected chi connectivity index (χ2v) is 12.1. The van der Waals surface area contributed by atoms with Crippen LogP contribution in [0.25, 0.3) is 0 Å². The van der Waals surface area contributed by atoms with Crippen LogP contribution in [0.1, 0.15) is 95.4 Å². The van der Waals surface area contributed by atoms with Crippen molar-refractivity contribution in [2.45, 2.75) is 110 Å². The van der Waals surface area contributed by atoms with E-state index >= 15 is 0 Å². The second kappa shape index (κ2) is 14.6. The van der Waals surface area contributed by atoms with Gasteiger partial charge in [-0.3, -0.25) is 9.59 Å². The Morgan fingerprint density at radius 1 is 1.11 bits per heavy atom. The maximum Gasteiger partial charge on any atom is 0.408 e. The van der Waals surface area contributed by atoms with E-state index < -0.39 is 23.8 Å². The number of unbranched alkanes of at least 4 members (excludes halogenated alkanes) is 2. The smallest absolute Gasteiger partial charge is 0.408 e. The molecule has 1 aliphatic carbocycles. The quantitative estimate of drug-likeness (QED) is 0.319. The Hall–Kier alpha value is -2.22. The number of aryl methyl sites for hydroxylation is 2. The molecule has 0 saturated heterocycles. The summed E-state index contributed by atoms with van der Waals surface area (Å²) >= 11 is 1.62. The van der Waals surface area contributed by atoms with E-state index in [0.29, 0.717) is 18.7 Å². The summed E-state index contributed by atoms with van der Waals surface area (Å²) in [5.41, 5.74) is 2.23. The molecule has 2 rings (SSSR count). The van der Waals surface area contributed by atoms with E-state index in [1.54, 1.807) is 37.4 Å². The van der Waals surface area contributed by atoms with E-state index in [4.69, 9.17) is 4.74 Å². The van der Waals surface area contributed by atoms with Gasteiger partial charge >= 0.3 is 6.09 Å². The van der Waals surface area contributed by atoms with Gasteiger partial charge in [-0.1, -0.05) is 49.1 Å². The molecular formula is C29H47N3O4S. The molecule has 1 aromatic rings. The number of carbonyl (C=O) groups is 3. The molecule has 1 aromatic carbocycles. The number of ether oxygens (including phenoxy) is 1. The molecule has 3 amide bonds. The van der Waals surface area contributed by atoms with Crippen LogP contribution in [-0.2, 0) is 14.3 Å². The third kappa shape index (κ3) is 9.87. The van der Waals surface area contributed by atoms with E-state index in [-0.39, 0.29) is 17.9 Å². The number of nitrogens with one attached hydrogen (secondary N) is 2. The minimum atomic E-state index is -0.774. The van der Waals surface area contributed by atoms with Crippen molar-refractivity contribution in [3.63, 3.8) is 0 Å². The summed E-state index contributed by atoms with van der Waals surface area (Å²) in [7, 11) is 0. The first-order chi connectivity index (χ1) is 17.5. The summed E-state index contributed by atoms with van der Waals surface area (Å²) < 4.78 is 5.47. The van der Waals surface area contributed by atoms with Crippen molar-refractivity contribution in [1.29, 1.82) is 0 Å². The average molecular weight is 534 g/mol. The average Bonchev–Trinajstić information content (AvgIpc) is 2.75. The molecule has 0 radical (unpaired) electrons. The molecule has 0 spiro atoms. The van der Waals surface area contributed by atoms with Crippen LogP contribution in [0.2, 0.25) is 0 Å². The normalized spacial score (nSPS) is 15.3. The Bertz CT molecular complexity index is 891. The van der Waals surface area contributed by atoms with Crippen LogP contribution in [0.15, 0.2) is 18.2 Å². The Morgan fingerprint density at radius 2 is 1.76 bits per heavy atom. The molecule has 7 nitrogen and oxygen atoms in total. The van der Waals surface area contributed by atoms with Gasteiger partial charge in [0.25, 0.3) is 0 Å². The number of thioether (sulfide) groups is 1. The molecule has 0 aromatic heterocycles. The Labute approximate surface area is 227 Å². The monoisotopic (exact) mass is 533 g/mol. The molecule has 2 atom stereocenters. The zero-order valence-electron chi connectivity index (χ0n) is 23.8. The highest BCUT2D eigenvalue weighted by atomic mass is 32.2. The molecule has 1 saturated carbocycles. The molecule has 0 bridgehead atoms. The van der Waals surface area contributed by atoms with Crippen molar-refractivity contribution < 1.29 is 19.1 Å². The predicted octanol–water partition coefficient (Wildman–Crippen LogP) is 5.68. The maximum atomic E-state index is 14.2. The van der Waals surface area contributed by atoms with Gasteiger partial charge in [0.05, 0.1) is 0 Å². The first-order valence-electron chi connectivity index (χ1n) is 13.6. The lowest BCUT2D eigenvalue weighted by Gasteiger charge is -2.43. The third-order valence-corrected chi connectivity index (χ3v) is 7.13. The van der Waals surface area contributed by atoms with Gasteiger partial charge in [0.1, 0.15) is 17.7 Å². The van der Waals surface area contributed by atoms with Crippen LogP contribution in [0, 0.1) is 13.8 Å². The number of nitrogens with zero attached hydrogens (tertiary/aromatic N) is 1. The van der Waals surface area contributed by atoms with Crippen LogP contribution in [0.5, 0.6) is 0 Å². The fourth-order valence-electron chi connectivity index (χ4n) is 4.60. The van der Waals surface area contributed by atoms with Gasteiger partial charge in [0, 0.05) is 12.6 Å². The molecule has 208 valence electrons. The topological polar surface area (TPSA) is 87.7 Å². The first kappa shape index (κ1) is 31.0. The fraction of sp³-hybridized carbons (Fsp3) is 0.690. The van der Waals surface area contributed by atoms with E-state index in [2.05, 4.69) is 23.6 Å². The van der Waals surface area contributed by atoms with Crippen molar-refractivity contribution in [3.05, 3.63) is 34.9 Å². The van der Waals surface area contributed by atoms with Crippen LogP contribution < -0.4 is 10.6 Å². The second-order valence-electron chi connectivity index (χ2n) is 11.1. The van der Waals surface area contributed by atoms with Gasteiger partial charge < -0.3 is 20.3 Å². The molecule has 37 heavy (non-hydrogen) atoms. The van der Waals surface area contributed by atoms with Crippen LogP contribution in [0.3, 0.4) is 0 Å². The largest absolute Gasteiger partial charge is 0.444 e. The molecular weight excluding hydrogens is 486 g/mol. The van der Waals surface area contributed by atoms with Crippen molar-refractivity contribution in [2.75, 3.05) is 18.6 Å². The van der Waals surface area contributed by atoms with Gasteiger partial charge in [-0.2, -0.15) is 11.8 Å². The summed E-state index contributed by atoms with van der Waals surface area (Å²) in [6.45, 7) is 12.1. The van der Waals surface area contributed by atoms with E-state index in [1.807, 2.05) is 32.2 Å². The number of amides is 3. The lowest BCUT2D eigenvalue weighted by Crippen LogP contribution is -2.57. The summed E-state index contributed by atoms with van der Waals surface area (Å²) in [4.78, 5) is 42.4. The SMILES string of the molecule is CCCCCNC(=O)C(c1cc(C)cc(C)c1)N(C(=O)C(CCSC)NC(=O)OC(C)(C)C)C1CCC1. The first-order valence-corrected chi connectivity index (χ1v) is 15.0. The summed E-state index contributed by atoms with van der Waals surface area (Å²) in [6.07, 6.45) is 7.52. The van der Waals surface area contributed by atoms with E-state index in [9.17, 15) is 14.4 Å². The van der Waals surface area contributed by atoms with Crippen molar-refractivity contribution in [2.24, 2.45) is 0 Å². The number of hydrogen-bond acceptors (Lipinski definition) is 5. The van der Waals surface area contributed by atoms with Crippen LogP contribution in [-0.4, -0.2) is 59.0 Å². The van der Waals surface area contributed by atoms with Gasteiger partial charge in [-0.25, -0.2) is 4.79 Å². The third-order valence-electron chi connectivity index (χ3n) is 6.49. The molecule has 8 heteroatoms. The summed E-state index contributed by atoms with van der Waals surface area (Å²) in [5.74, 6) is 0.307. The van der Waals surface area contributed by atoms with Crippen molar-refractivity contribution >= 4 is 29.7 Å². The Balaban J connectivity index is 2.45. The van der Waals surface area contributed by atoms with Crippen molar-refractivity contribution in [3.8, 4) is 0 Å². The minimum absolute atomic E-state index is 0.0445. The maximum absolute atomic E-state index is 14.2. The summed E-state index contributed by atoms with van der Waals surface area (Å²) in [5, 5.41) is 5.92. The minimum Gasteiger partial charge on any atom is -0.444 e. The number of hydrogen-bond donors (Lipinski definition) is 2. The zero-order chi connectivity index (χ0) is 27.6. The van der Waals surface area contributed by atoms with Crippen LogP contribution in [0.4, 0.5) is 4.79 Å². The molecule has 2 N–H and O–H groups in total. The van der Waals surface area contributed by atoms with E-state index in [1.165, 1.54) is 0 Å². The van der Waals surface area contributed by atoms with Gasteiger partial charge in [-0.05, 0) is 84.3 Å². The molecule has 2 unspecified atom stereocenters. The lowest BCUT2D eigenvalue weighted by molar-refractivity contribution is -0.147. The van der Waals surface area contributed by atoms with Crippen LogP contribution >= 0.6 is 11.8 Å². The fourth-order valence-corrected chi connectivity index (χ4v) is 5.07. The number of alkyl carbamates (subject to hydrolysis) is 1. The lowest BCUT2D eigenvalue weighted by atomic mass is 9.87. The van der Waals surface area contributed by atoms with Crippen molar-refractivity contribution in [1.82, 2.24) is 15.5 Å². The predicted molar refractivity (Wildman–Crippen MR) is 152 cm³/mol. The van der Waals surface area contributed by atoms with Gasteiger partial charge in [-0.15, -0.1) is 0 Å². The highest BCUT2D eigenvalue weighted by Crippen LogP contribution is 2.34. The Kier molecular flexibility index (Phi) is 12.3. The molecule has 0 heterocycles. The highest BCUT2D eigenvalue weighted by molar-refractivity contribution is 7.98. The van der Waals surface area contributed by atoms with Gasteiger partial charge in [0.2, 0.25) is 11.8 Å². The highest BCUT2D eigenvalue weighted by Gasteiger charge is 2.41. The standard InChI is InChI=1S/C29H47N3O4S/c1-8-9-10-15-30-26(33)25(22-18-20(2)17-21(3)19-22)32(23-12-11-13-23)27(34)24(14-16-37-7)31-28(35)36-29(4,5)6/h17-19,23-25H,8-16H2,1-7H3,(H,30,33)(H,31,35). The molecule has 0 aliphatic heterocycles. The number of rotatable bonds is 13. The summed E-state index contributed by atoms with van der Waals surface area (Å²) in [6, 6.07) is 4.50. The number of carbonyl (C=O) groups excluding carboxylic acids is 3. The molecule has 1 aliphatic rings. The van der Waals surface area contributed by atoms with E-state index in [0.717, 1.165) is 55.2 Å². The van der Waals surface area contributed by atoms with Gasteiger partial charge in [0.15, 0.2) is 0 Å². The zero-order valence-corrected chi connectivity index (χ0v) is 24.6. The molecule has 1 fully saturated rings. The Morgan fingerprint density at radius 3 is 2.27 bits per heavy atom. The number of benzene rings is 1.